The molecule has 1 aromatic heterocycles. The lowest BCUT2D eigenvalue weighted by atomic mass is 10.1. The molecule has 0 spiro atoms. The molecule has 0 saturated heterocycles. The summed E-state index contributed by atoms with van der Waals surface area (Å²) in [6.45, 7) is 3.58. The number of aromatic nitrogens is 1. The van der Waals surface area contributed by atoms with Crippen molar-refractivity contribution in [1.29, 1.82) is 0 Å². The van der Waals surface area contributed by atoms with Gasteiger partial charge in [-0.15, -0.1) is 0 Å². The number of aryl methyl sites for hydroxylation is 1. The zero-order valence-electron chi connectivity index (χ0n) is 8.24. The van der Waals surface area contributed by atoms with E-state index in [4.69, 9.17) is 11.6 Å². The van der Waals surface area contributed by atoms with E-state index >= 15 is 0 Å². The summed E-state index contributed by atoms with van der Waals surface area (Å²) in [5.41, 5.74) is 1.88. The van der Waals surface area contributed by atoms with Crippen molar-refractivity contribution >= 4 is 22.5 Å². The number of benzene rings is 1. The molecule has 0 bridgehead atoms. The Kier molecular flexibility index (Phi) is 2.35. The third-order valence-electron chi connectivity index (χ3n) is 2.44. The molecule has 0 fully saturated rings. The zero-order valence-corrected chi connectivity index (χ0v) is 8.99. The molecule has 0 aliphatic rings. The molecule has 0 unspecified atom stereocenters. The number of nitrogens with zero attached hydrogens (tertiary/aromatic N) is 1. The highest BCUT2D eigenvalue weighted by Crippen LogP contribution is 2.28. The molecule has 0 N–H and O–H groups in total. The molecule has 1 heterocycles. The number of hydrogen-bond donors (Lipinski definition) is 0. The number of halogens is 3. The van der Waals surface area contributed by atoms with Gasteiger partial charge in [0.25, 0.3) is 0 Å². The standard InChI is InChI=1S/C11H8ClF2N/c1-5-6(2)15-10-4-9(14)8(13)3-7(10)11(5)12/h3-4H,1-2H3. The van der Waals surface area contributed by atoms with Gasteiger partial charge in [0.15, 0.2) is 11.6 Å². The number of fused-ring (bicyclic) bond motifs is 1. The quantitative estimate of drug-likeness (QED) is 0.667. The van der Waals surface area contributed by atoms with Crippen molar-refractivity contribution < 1.29 is 8.78 Å². The molecular formula is C11H8ClF2N. The van der Waals surface area contributed by atoms with Crippen LogP contribution in [0.2, 0.25) is 5.02 Å². The van der Waals surface area contributed by atoms with Crippen molar-refractivity contribution in [1.82, 2.24) is 4.98 Å². The van der Waals surface area contributed by atoms with Gasteiger partial charge < -0.3 is 0 Å². The topological polar surface area (TPSA) is 12.9 Å². The van der Waals surface area contributed by atoms with Crippen LogP contribution in [0.3, 0.4) is 0 Å². The van der Waals surface area contributed by atoms with Gasteiger partial charge in [-0.05, 0) is 25.5 Å². The molecule has 4 heteroatoms. The molecule has 2 rings (SSSR count). The summed E-state index contributed by atoms with van der Waals surface area (Å²) in [5.74, 6) is -1.82. The Hall–Kier alpha value is -1.22. The minimum absolute atomic E-state index is 0.377. The Morgan fingerprint density at radius 2 is 1.73 bits per heavy atom. The Morgan fingerprint density at radius 1 is 1.13 bits per heavy atom. The zero-order chi connectivity index (χ0) is 11.2. The Labute approximate surface area is 90.7 Å². The summed E-state index contributed by atoms with van der Waals surface area (Å²) in [7, 11) is 0. The molecule has 2 aromatic rings. The molecule has 0 saturated carbocycles. The van der Waals surface area contributed by atoms with E-state index in [0.29, 0.717) is 15.9 Å². The number of pyridine rings is 1. The maximum atomic E-state index is 13.0. The first-order valence-electron chi connectivity index (χ1n) is 4.42. The minimum Gasteiger partial charge on any atom is -0.253 e. The SMILES string of the molecule is Cc1nc2cc(F)c(F)cc2c(Cl)c1C. The van der Waals surface area contributed by atoms with Crippen LogP contribution in [0, 0.1) is 25.5 Å². The van der Waals surface area contributed by atoms with Crippen LogP contribution in [-0.4, -0.2) is 4.98 Å². The van der Waals surface area contributed by atoms with Crippen molar-refractivity contribution in [2.45, 2.75) is 13.8 Å². The Morgan fingerprint density at radius 3 is 2.40 bits per heavy atom. The Balaban J connectivity index is 2.93. The number of rotatable bonds is 0. The molecule has 0 aliphatic carbocycles. The van der Waals surface area contributed by atoms with E-state index in [0.717, 1.165) is 23.4 Å². The lowest BCUT2D eigenvalue weighted by molar-refractivity contribution is 0.510. The molecule has 0 aliphatic heterocycles. The van der Waals surface area contributed by atoms with Gasteiger partial charge in [0.05, 0.1) is 10.5 Å². The van der Waals surface area contributed by atoms with Crippen LogP contribution in [0.4, 0.5) is 8.78 Å². The van der Waals surface area contributed by atoms with Crippen LogP contribution in [0.15, 0.2) is 12.1 Å². The van der Waals surface area contributed by atoms with Crippen LogP contribution in [0.25, 0.3) is 10.9 Å². The average Bonchev–Trinajstić information content (AvgIpc) is 2.19. The Bertz CT molecular complexity index is 547. The van der Waals surface area contributed by atoms with Crippen LogP contribution < -0.4 is 0 Å². The molecular weight excluding hydrogens is 220 g/mol. The molecule has 1 nitrogen and oxygen atoms in total. The van der Waals surface area contributed by atoms with Crippen molar-refractivity contribution in [3.8, 4) is 0 Å². The van der Waals surface area contributed by atoms with E-state index < -0.39 is 11.6 Å². The molecule has 78 valence electrons. The van der Waals surface area contributed by atoms with Crippen molar-refractivity contribution in [2.24, 2.45) is 0 Å². The van der Waals surface area contributed by atoms with E-state index in [1.165, 1.54) is 0 Å². The molecule has 15 heavy (non-hydrogen) atoms. The predicted molar refractivity (Wildman–Crippen MR) is 56.1 cm³/mol. The molecule has 1 aromatic carbocycles. The first-order chi connectivity index (χ1) is 7.00. The van der Waals surface area contributed by atoms with E-state index in [1.807, 2.05) is 0 Å². The highest BCUT2D eigenvalue weighted by atomic mass is 35.5. The highest BCUT2D eigenvalue weighted by Gasteiger charge is 2.11. The van der Waals surface area contributed by atoms with E-state index in [-0.39, 0.29) is 0 Å². The van der Waals surface area contributed by atoms with Crippen LogP contribution in [0.5, 0.6) is 0 Å². The van der Waals surface area contributed by atoms with E-state index in [9.17, 15) is 8.78 Å². The maximum absolute atomic E-state index is 13.0. The molecule has 0 radical (unpaired) electrons. The third-order valence-corrected chi connectivity index (χ3v) is 2.92. The first kappa shape index (κ1) is 10.3. The molecule has 0 amide bonds. The summed E-state index contributed by atoms with van der Waals surface area (Å²) >= 11 is 6.03. The van der Waals surface area contributed by atoms with Crippen molar-refractivity contribution in [3.63, 3.8) is 0 Å². The lowest BCUT2D eigenvalue weighted by Crippen LogP contribution is -1.93. The lowest BCUT2D eigenvalue weighted by Gasteiger charge is -2.07. The summed E-state index contributed by atoms with van der Waals surface area (Å²) in [4.78, 5) is 4.15. The minimum atomic E-state index is -0.908. The van der Waals surface area contributed by atoms with Gasteiger partial charge in [-0.2, -0.15) is 0 Å². The van der Waals surface area contributed by atoms with E-state index in [2.05, 4.69) is 4.98 Å². The van der Waals surface area contributed by atoms with Gasteiger partial charge in [-0.3, -0.25) is 4.98 Å². The second-order valence-corrected chi connectivity index (χ2v) is 3.80. The van der Waals surface area contributed by atoms with Gasteiger partial charge in [0.2, 0.25) is 0 Å². The van der Waals surface area contributed by atoms with Crippen LogP contribution in [-0.2, 0) is 0 Å². The largest absolute Gasteiger partial charge is 0.253 e. The normalized spacial score (nSPS) is 11.0. The highest BCUT2D eigenvalue weighted by molar-refractivity contribution is 6.36. The summed E-state index contributed by atoms with van der Waals surface area (Å²) in [6.07, 6.45) is 0. The monoisotopic (exact) mass is 227 g/mol. The van der Waals surface area contributed by atoms with Gasteiger partial charge in [0, 0.05) is 17.1 Å². The van der Waals surface area contributed by atoms with Gasteiger partial charge in [-0.1, -0.05) is 11.6 Å². The van der Waals surface area contributed by atoms with Crippen molar-refractivity contribution in [3.05, 3.63) is 40.0 Å². The van der Waals surface area contributed by atoms with E-state index in [1.54, 1.807) is 13.8 Å². The second kappa shape index (κ2) is 3.42. The van der Waals surface area contributed by atoms with Gasteiger partial charge >= 0.3 is 0 Å². The first-order valence-corrected chi connectivity index (χ1v) is 4.80. The fourth-order valence-electron chi connectivity index (χ4n) is 1.43. The summed E-state index contributed by atoms with van der Waals surface area (Å²) < 4.78 is 26.0. The third kappa shape index (κ3) is 1.57. The van der Waals surface area contributed by atoms with Crippen LogP contribution >= 0.6 is 11.6 Å². The fourth-order valence-corrected chi connectivity index (χ4v) is 1.72. The summed E-state index contributed by atoms with van der Waals surface area (Å²) in [5, 5.41) is 0.870. The van der Waals surface area contributed by atoms with Crippen LogP contribution in [0.1, 0.15) is 11.3 Å². The van der Waals surface area contributed by atoms with Gasteiger partial charge in [-0.25, -0.2) is 8.78 Å². The number of hydrogen-bond acceptors (Lipinski definition) is 1. The smallest absolute Gasteiger partial charge is 0.161 e. The fraction of sp³-hybridized carbons (Fsp3) is 0.182. The summed E-state index contributed by atoms with van der Waals surface area (Å²) in [6, 6.07) is 2.13. The second-order valence-electron chi connectivity index (χ2n) is 3.42. The van der Waals surface area contributed by atoms with Gasteiger partial charge in [0.1, 0.15) is 0 Å². The predicted octanol–water partition coefficient (Wildman–Crippen LogP) is 3.78. The maximum Gasteiger partial charge on any atom is 0.161 e. The van der Waals surface area contributed by atoms with Crippen molar-refractivity contribution in [2.75, 3.05) is 0 Å². The molecule has 0 atom stereocenters. The average molecular weight is 228 g/mol.